The summed E-state index contributed by atoms with van der Waals surface area (Å²) in [7, 11) is 2.02. The van der Waals surface area contributed by atoms with Crippen LogP contribution in [0.25, 0.3) is 10.9 Å². The second kappa shape index (κ2) is 6.12. The third kappa shape index (κ3) is 2.63. The average molecular weight is 303 g/mol. The van der Waals surface area contributed by atoms with E-state index in [0.29, 0.717) is 19.8 Å². The van der Waals surface area contributed by atoms with Crippen molar-refractivity contribution in [3.05, 3.63) is 24.8 Å². The Morgan fingerprint density at radius 1 is 1.50 bits per heavy atom. The van der Waals surface area contributed by atoms with Crippen LogP contribution in [0.3, 0.4) is 0 Å². The predicted molar refractivity (Wildman–Crippen MR) is 83.7 cm³/mol. The highest BCUT2D eigenvalue weighted by Gasteiger charge is 2.40. The van der Waals surface area contributed by atoms with Gasteiger partial charge < -0.3 is 15.2 Å². The van der Waals surface area contributed by atoms with Crippen LogP contribution in [0.2, 0.25) is 0 Å². The summed E-state index contributed by atoms with van der Waals surface area (Å²) in [6.07, 6.45) is 4.94. The molecule has 3 heterocycles. The molecule has 1 saturated heterocycles. The summed E-state index contributed by atoms with van der Waals surface area (Å²) in [5.41, 5.74) is 0.335. The van der Waals surface area contributed by atoms with Crippen molar-refractivity contribution in [2.24, 2.45) is 0 Å². The lowest BCUT2D eigenvalue weighted by molar-refractivity contribution is -0.101. The molecular formula is C15H21N5O2. The van der Waals surface area contributed by atoms with E-state index in [4.69, 9.17) is 4.74 Å². The lowest BCUT2D eigenvalue weighted by Crippen LogP contribution is -2.64. The summed E-state index contributed by atoms with van der Waals surface area (Å²) < 4.78 is 5.65. The number of morpholine rings is 1. The third-order valence-corrected chi connectivity index (χ3v) is 4.46. The van der Waals surface area contributed by atoms with Gasteiger partial charge in [0, 0.05) is 24.2 Å². The van der Waals surface area contributed by atoms with Crippen LogP contribution in [0.5, 0.6) is 0 Å². The summed E-state index contributed by atoms with van der Waals surface area (Å²) in [6, 6.07) is 2.14. The number of pyridine rings is 1. The molecule has 0 unspecified atom stereocenters. The molecule has 0 aliphatic carbocycles. The number of nitrogens with zero attached hydrogens (tertiary/aromatic N) is 4. The number of aromatic nitrogens is 3. The summed E-state index contributed by atoms with van der Waals surface area (Å²) in [5, 5.41) is 14.2. The van der Waals surface area contributed by atoms with Gasteiger partial charge in [0.1, 0.15) is 12.1 Å². The quantitative estimate of drug-likeness (QED) is 0.852. The maximum Gasteiger partial charge on any atom is 0.137 e. The molecule has 0 bridgehead atoms. The van der Waals surface area contributed by atoms with E-state index in [1.54, 1.807) is 12.4 Å². The number of hydrogen-bond acceptors (Lipinski definition) is 7. The van der Waals surface area contributed by atoms with Crippen LogP contribution in [-0.2, 0) is 4.74 Å². The Hall–Kier alpha value is -1.83. The van der Waals surface area contributed by atoms with Crippen LogP contribution in [0.1, 0.15) is 6.92 Å². The van der Waals surface area contributed by atoms with Gasteiger partial charge in [-0.1, -0.05) is 0 Å². The van der Waals surface area contributed by atoms with E-state index < -0.39 is 5.54 Å². The fourth-order valence-corrected chi connectivity index (χ4v) is 2.79. The molecule has 2 aromatic rings. The van der Waals surface area contributed by atoms with Crippen molar-refractivity contribution >= 4 is 16.7 Å². The minimum atomic E-state index is -0.456. The predicted octanol–water partition coefficient (Wildman–Crippen LogP) is 0.518. The molecule has 22 heavy (non-hydrogen) atoms. The van der Waals surface area contributed by atoms with E-state index in [-0.39, 0.29) is 12.6 Å². The summed E-state index contributed by atoms with van der Waals surface area (Å²) >= 11 is 0. The van der Waals surface area contributed by atoms with Gasteiger partial charge >= 0.3 is 0 Å². The van der Waals surface area contributed by atoms with E-state index in [0.717, 1.165) is 16.7 Å². The number of hydrogen-bond donors (Lipinski definition) is 2. The minimum absolute atomic E-state index is 0.0193. The fraction of sp³-hybridized carbons (Fsp3) is 0.533. The van der Waals surface area contributed by atoms with Gasteiger partial charge in [-0.15, -0.1) is 0 Å². The smallest absolute Gasteiger partial charge is 0.137 e. The number of ether oxygens (including phenoxy) is 1. The second-order valence-electron chi connectivity index (χ2n) is 5.83. The largest absolute Gasteiger partial charge is 0.394 e. The van der Waals surface area contributed by atoms with Crippen molar-refractivity contribution in [1.82, 2.24) is 19.9 Å². The molecule has 1 fully saturated rings. The minimum Gasteiger partial charge on any atom is -0.394 e. The first-order valence-corrected chi connectivity index (χ1v) is 7.36. The zero-order valence-corrected chi connectivity index (χ0v) is 12.9. The van der Waals surface area contributed by atoms with E-state index in [1.807, 2.05) is 13.1 Å². The molecule has 1 aliphatic rings. The first-order chi connectivity index (χ1) is 10.7. The number of anilines is 1. The standard InChI is InChI=1S/C15H21N5O2/c1-11-6-22-9-15(8-21,20(11)2)7-17-14-12-3-4-16-5-13(12)18-10-19-14/h3-5,10-11,21H,6-9H2,1-2H3,(H,17,18,19)/t11-,15+/m1/s1. The molecule has 1 aliphatic heterocycles. The van der Waals surface area contributed by atoms with Crippen molar-refractivity contribution < 1.29 is 9.84 Å². The fourth-order valence-electron chi connectivity index (χ4n) is 2.79. The van der Waals surface area contributed by atoms with E-state index in [2.05, 4.69) is 32.1 Å². The molecule has 7 nitrogen and oxygen atoms in total. The zero-order chi connectivity index (χ0) is 15.6. The topological polar surface area (TPSA) is 83.4 Å². The van der Waals surface area contributed by atoms with Crippen LogP contribution < -0.4 is 5.32 Å². The van der Waals surface area contributed by atoms with Gasteiger partial charge in [-0.05, 0) is 20.0 Å². The Morgan fingerprint density at radius 3 is 3.18 bits per heavy atom. The van der Waals surface area contributed by atoms with Crippen LogP contribution in [0, 0.1) is 0 Å². The molecule has 2 N–H and O–H groups in total. The molecule has 0 radical (unpaired) electrons. The second-order valence-corrected chi connectivity index (χ2v) is 5.83. The molecular weight excluding hydrogens is 282 g/mol. The molecule has 7 heteroatoms. The van der Waals surface area contributed by atoms with Gasteiger partial charge in [0.05, 0.1) is 37.1 Å². The highest BCUT2D eigenvalue weighted by molar-refractivity contribution is 5.87. The maximum atomic E-state index is 9.92. The molecule has 2 atom stereocenters. The van der Waals surface area contributed by atoms with E-state index in [1.165, 1.54) is 6.33 Å². The van der Waals surface area contributed by atoms with Crippen LogP contribution in [-0.4, -0.2) is 70.0 Å². The molecule has 0 spiro atoms. The first kappa shape index (κ1) is 15.1. The number of likely N-dealkylation sites (N-methyl/N-ethyl adjacent to an activating group) is 1. The molecule has 0 aromatic carbocycles. The van der Waals surface area contributed by atoms with Gasteiger partial charge in [0.2, 0.25) is 0 Å². The highest BCUT2D eigenvalue weighted by atomic mass is 16.5. The van der Waals surface area contributed by atoms with Gasteiger partial charge in [0.25, 0.3) is 0 Å². The van der Waals surface area contributed by atoms with Crippen molar-refractivity contribution in [2.45, 2.75) is 18.5 Å². The van der Waals surface area contributed by atoms with Gasteiger partial charge in [-0.3, -0.25) is 9.88 Å². The number of nitrogens with one attached hydrogen (secondary N) is 1. The molecule has 2 aromatic heterocycles. The van der Waals surface area contributed by atoms with Crippen molar-refractivity contribution in [3.63, 3.8) is 0 Å². The number of aliphatic hydroxyl groups excluding tert-OH is 1. The van der Waals surface area contributed by atoms with E-state index in [9.17, 15) is 5.11 Å². The third-order valence-electron chi connectivity index (χ3n) is 4.46. The van der Waals surface area contributed by atoms with E-state index >= 15 is 0 Å². The Labute approximate surface area is 129 Å². The SMILES string of the molecule is C[C@@H]1COC[C@@](CO)(CNc2ncnc3cnccc23)N1C. The Kier molecular flexibility index (Phi) is 4.19. The first-order valence-electron chi connectivity index (χ1n) is 7.36. The maximum absolute atomic E-state index is 9.92. The summed E-state index contributed by atoms with van der Waals surface area (Å²) in [5.74, 6) is 0.742. The molecule has 3 rings (SSSR count). The van der Waals surface area contributed by atoms with Gasteiger partial charge in [-0.25, -0.2) is 9.97 Å². The highest BCUT2D eigenvalue weighted by Crippen LogP contribution is 2.24. The monoisotopic (exact) mass is 303 g/mol. The summed E-state index contributed by atoms with van der Waals surface area (Å²) in [4.78, 5) is 14.8. The number of fused-ring (bicyclic) bond motifs is 1. The lowest BCUT2D eigenvalue weighted by atomic mass is 9.96. The van der Waals surface area contributed by atoms with Crippen molar-refractivity contribution in [1.29, 1.82) is 0 Å². The zero-order valence-electron chi connectivity index (χ0n) is 12.9. The Morgan fingerprint density at radius 2 is 2.36 bits per heavy atom. The Balaban J connectivity index is 1.83. The normalized spacial score (nSPS) is 26.2. The number of rotatable bonds is 4. The van der Waals surface area contributed by atoms with Gasteiger partial charge in [-0.2, -0.15) is 0 Å². The Bertz CT molecular complexity index is 647. The van der Waals surface area contributed by atoms with Crippen LogP contribution >= 0.6 is 0 Å². The van der Waals surface area contributed by atoms with Gasteiger partial charge in [0.15, 0.2) is 0 Å². The molecule has 0 saturated carbocycles. The lowest BCUT2D eigenvalue weighted by Gasteiger charge is -2.47. The van der Waals surface area contributed by atoms with Crippen LogP contribution in [0.15, 0.2) is 24.8 Å². The molecule has 0 amide bonds. The van der Waals surface area contributed by atoms with Crippen LogP contribution in [0.4, 0.5) is 5.82 Å². The van der Waals surface area contributed by atoms with Crippen molar-refractivity contribution in [2.75, 3.05) is 38.7 Å². The number of aliphatic hydroxyl groups is 1. The summed E-state index contributed by atoms with van der Waals surface area (Å²) in [6.45, 7) is 3.82. The molecule has 118 valence electrons. The average Bonchev–Trinajstić information content (AvgIpc) is 2.56. The van der Waals surface area contributed by atoms with Crippen molar-refractivity contribution in [3.8, 4) is 0 Å².